The Morgan fingerprint density at radius 1 is 0.933 bits per heavy atom. The number of rotatable bonds is 6. The van der Waals surface area contributed by atoms with Crippen LogP contribution in [-0.2, 0) is 4.43 Å². The van der Waals surface area contributed by atoms with Gasteiger partial charge in [0.25, 0.3) is 0 Å². The SMILES string of the molecule is CC[CH-]O[Si](C(C)C)(C(C)C)C(C)C.[Li+]. The third-order valence-electron chi connectivity index (χ3n) is 3.16. The van der Waals surface area contributed by atoms with Crippen molar-refractivity contribution in [1.29, 1.82) is 0 Å². The Kier molecular flexibility index (Phi) is 9.62. The summed E-state index contributed by atoms with van der Waals surface area (Å²) >= 11 is 0. The van der Waals surface area contributed by atoms with Crippen molar-refractivity contribution in [1.82, 2.24) is 0 Å². The molecule has 0 aliphatic rings. The first-order valence-electron chi connectivity index (χ1n) is 5.89. The van der Waals surface area contributed by atoms with Crippen LogP contribution in [0.4, 0.5) is 0 Å². The van der Waals surface area contributed by atoms with Crippen LogP contribution in [0.5, 0.6) is 0 Å². The second-order valence-electron chi connectivity index (χ2n) is 5.01. The van der Waals surface area contributed by atoms with Crippen LogP contribution in [0, 0.1) is 6.61 Å². The van der Waals surface area contributed by atoms with Crippen molar-refractivity contribution in [2.45, 2.75) is 71.5 Å². The fraction of sp³-hybridized carbons (Fsp3) is 0.917. The van der Waals surface area contributed by atoms with E-state index in [-0.39, 0.29) is 18.9 Å². The number of hydrogen-bond acceptors (Lipinski definition) is 1. The largest absolute Gasteiger partial charge is 1.00 e. The molecule has 0 unspecified atom stereocenters. The van der Waals surface area contributed by atoms with Crippen molar-refractivity contribution >= 4 is 8.32 Å². The molecule has 0 rings (SSSR count). The molecule has 15 heavy (non-hydrogen) atoms. The molecular weight excluding hydrogens is 195 g/mol. The summed E-state index contributed by atoms with van der Waals surface area (Å²) in [5.74, 6) is 0. The smallest absolute Gasteiger partial charge is 0.592 e. The van der Waals surface area contributed by atoms with Crippen molar-refractivity contribution in [2.75, 3.05) is 0 Å². The monoisotopic (exact) mass is 222 g/mol. The maximum Gasteiger partial charge on any atom is 1.00 e. The van der Waals surface area contributed by atoms with Gasteiger partial charge < -0.3 is 4.43 Å². The Bertz CT molecular complexity index is 136. The molecule has 0 bridgehead atoms. The van der Waals surface area contributed by atoms with E-state index in [9.17, 15) is 0 Å². The quantitative estimate of drug-likeness (QED) is 0.491. The Balaban J connectivity index is 0. The molecule has 1 nitrogen and oxygen atoms in total. The number of hydrogen-bond donors (Lipinski definition) is 0. The average Bonchev–Trinajstić information content (AvgIpc) is 2.03. The molecule has 0 aromatic rings. The molecule has 0 atom stereocenters. The second kappa shape index (κ2) is 7.95. The third kappa shape index (κ3) is 4.27. The molecule has 0 radical (unpaired) electrons. The molecule has 0 amide bonds. The van der Waals surface area contributed by atoms with Gasteiger partial charge in [0.15, 0.2) is 8.32 Å². The van der Waals surface area contributed by atoms with Crippen LogP contribution in [-0.4, -0.2) is 8.32 Å². The zero-order valence-corrected chi connectivity index (χ0v) is 12.9. The Morgan fingerprint density at radius 3 is 1.47 bits per heavy atom. The van der Waals surface area contributed by atoms with Crippen LogP contribution >= 0.6 is 0 Å². The van der Waals surface area contributed by atoms with Gasteiger partial charge in [-0.25, -0.2) is 6.61 Å². The molecular formula is C12H27LiOSi. The topological polar surface area (TPSA) is 9.23 Å². The average molecular weight is 222 g/mol. The molecule has 0 aliphatic heterocycles. The van der Waals surface area contributed by atoms with E-state index >= 15 is 0 Å². The fourth-order valence-corrected chi connectivity index (χ4v) is 7.91. The Labute approximate surface area is 110 Å². The summed E-state index contributed by atoms with van der Waals surface area (Å²) in [7, 11) is -1.60. The van der Waals surface area contributed by atoms with Gasteiger partial charge in [0.1, 0.15) is 0 Å². The summed E-state index contributed by atoms with van der Waals surface area (Å²) in [5, 5.41) is 0. The zero-order chi connectivity index (χ0) is 11.4. The summed E-state index contributed by atoms with van der Waals surface area (Å²) in [6.45, 7) is 18.1. The van der Waals surface area contributed by atoms with E-state index in [4.69, 9.17) is 4.43 Å². The Hall–Kier alpha value is 0.774. The van der Waals surface area contributed by atoms with Gasteiger partial charge in [-0.15, -0.1) is 0 Å². The van der Waals surface area contributed by atoms with Crippen LogP contribution in [0.3, 0.4) is 0 Å². The van der Waals surface area contributed by atoms with Crippen LogP contribution in [0.1, 0.15) is 54.9 Å². The second-order valence-corrected chi connectivity index (χ2v) is 10.4. The van der Waals surface area contributed by atoms with E-state index in [1.54, 1.807) is 0 Å². The maximum absolute atomic E-state index is 6.18. The van der Waals surface area contributed by atoms with E-state index < -0.39 is 8.32 Å². The van der Waals surface area contributed by atoms with Crippen LogP contribution < -0.4 is 18.9 Å². The molecule has 0 aliphatic carbocycles. The van der Waals surface area contributed by atoms with E-state index in [1.165, 1.54) is 0 Å². The predicted octanol–water partition coefficient (Wildman–Crippen LogP) is 1.75. The summed E-state index contributed by atoms with van der Waals surface area (Å²) in [6, 6.07) is 0. The van der Waals surface area contributed by atoms with Crippen molar-refractivity contribution in [3.05, 3.63) is 6.61 Å². The van der Waals surface area contributed by atoms with E-state index in [1.807, 2.05) is 6.61 Å². The Morgan fingerprint density at radius 2 is 1.27 bits per heavy atom. The van der Waals surface area contributed by atoms with Crippen LogP contribution in [0.2, 0.25) is 16.6 Å². The van der Waals surface area contributed by atoms with Gasteiger partial charge in [0.2, 0.25) is 0 Å². The van der Waals surface area contributed by atoms with Crippen molar-refractivity contribution in [3.8, 4) is 0 Å². The predicted molar refractivity (Wildman–Crippen MR) is 66.7 cm³/mol. The fourth-order valence-electron chi connectivity index (χ4n) is 2.64. The van der Waals surface area contributed by atoms with Gasteiger partial charge in [-0.1, -0.05) is 48.5 Å². The minimum atomic E-state index is -1.60. The van der Waals surface area contributed by atoms with E-state index in [0.717, 1.165) is 6.42 Å². The van der Waals surface area contributed by atoms with E-state index in [2.05, 4.69) is 48.5 Å². The van der Waals surface area contributed by atoms with Crippen LogP contribution in [0.15, 0.2) is 0 Å². The summed E-state index contributed by atoms with van der Waals surface area (Å²) in [6.07, 6.45) is 1.01. The first-order valence-corrected chi connectivity index (χ1v) is 8.03. The van der Waals surface area contributed by atoms with Crippen molar-refractivity contribution in [3.63, 3.8) is 0 Å². The van der Waals surface area contributed by atoms with Gasteiger partial charge in [-0.05, 0) is 16.6 Å². The molecule has 3 heteroatoms. The molecule has 0 saturated carbocycles. The third-order valence-corrected chi connectivity index (χ3v) is 9.15. The van der Waals surface area contributed by atoms with Gasteiger partial charge in [-0.2, -0.15) is 6.42 Å². The molecule has 0 fully saturated rings. The van der Waals surface area contributed by atoms with Crippen LogP contribution in [0.25, 0.3) is 0 Å². The molecule has 0 aromatic heterocycles. The zero-order valence-electron chi connectivity index (χ0n) is 11.9. The summed E-state index contributed by atoms with van der Waals surface area (Å²) in [4.78, 5) is 0. The minimum absolute atomic E-state index is 0. The van der Waals surface area contributed by atoms with Crippen molar-refractivity contribution in [2.24, 2.45) is 0 Å². The summed E-state index contributed by atoms with van der Waals surface area (Å²) in [5.41, 5.74) is 2.06. The van der Waals surface area contributed by atoms with Gasteiger partial charge in [0, 0.05) is 0 Å². The van der Waals surface area contributed by atoms with Gasteiger partial charge in [0.05, 0.1) is 0 Å². The minimum Gasteiger partial charge on any atom is -0.592 e. The first kappa shape index (κ1) is 18.1. The standard InChI is InChI=1S/C12H27OSi.Li/c1-8-9-13-14(10(2)3,11(4)5)12(6)7;/h9-12H,8H2,1-7H3;/q-1;+1. The molecule has 86 valence electrons. The van der Waals surface area contributed by atoms with Gasteiger partial charge >= 0.3 is 18.9 Å². The summed E-state index contributed by atoms with van der Waals surface area (Å²) < 4.78 is 6.18. The molecule has 0 aromatic carbocycles. The molecule has 0 saturated heterocycles. The molecule has 0 heterocycles. The van der Waals surface area contributed by atoms with E-state index in [0.29, 0.717) is 16.6 Å². The van der Waals surface area contributed by atoms with Crippen molar-refractivity contribution < 1.29 is 23.3 Å². The molecule has 0 spiro atoms. The molecule has 0 N–H and O–H groups in total. The van der Waals surface area contributed by atoms with Gasteiger partial charge in [-0.3, -0.25) is 0 Å². The first-order chi connectivity index (χ1) is 6.39. The maximum atomic E-state index is 6.18. The normalized spacial score (nSPS) is 12.4.